The van der Waals surface area contributed by atoms with Gasteiger partial charge in [0, 0.05) is 0 Å². The normalized spacial score (nSPS) is 29.9. The molecule has 6 heteroatoms. The lowest BCUT2D eigenvalue weighted by Crippen LogP contribution is -2.42. The van der Waals surface area contributed by atoms with Crippen LogP contribution in [0.5, 0.6) is 0 Å². The van der Waals surface area contributed by atoms with Crippen molar-refractivity contribution >= 4 is 18.4 Å². The number of hydrogen-bond acceptors (Lipinski definition) is 3. The first-order chi connectivity index (χ1) is 7.65. The molecule has 2 atom stereocenters. The summed E-state index contributed by atoms with van der Waals surface area (Å²) in [5, 5.41) is 25.0. The van der Waals surface area contributed by atoms with Gasteiger partial charge in [0.1, 0.15) is 0 Å². The highest BCUT2D eigenvalue weighted by atomic mass is 16.4. The Balaban J connectivity index is 0.000000770. The van der Waals surface area contributed by atoms with Crippen LogP contribution in [0.1, 0.15) is 33.6 Å². The summed E-state index contributed by atoms with van der Waals surface area (Å²) in [5.41, 5.74) is -1.61. The van der Waals surface area contributed by atoms with Gasteiger partial charge in [0.2, 0.25) is 0 Å². The molecule has 0 unspecified atom stereocenters. The highest BCUT2D eigenvalue weighted by Gasteiger charge is 2.58. The van der Waals surface area contributed by atoms with Crippen LogP contribution in [-0.2, 0) is 14.4 Å². The number of carboxylic acid groups (broad SMARTS) is 3. The molecule has 0 aromatic carbocycles. The zero-order valence-electron chi connectivity index (χ0n) is 10.1. The first-order valence-corrected chi connectivity index (χ1v) is 5.19. The Kier molecular flexibility index (Phi) is 4.68. The zero-order chi connectivity index (χ0) is 13.9. The number of rotatable bonds is 2. The maximum atomic E-state index is 11.1. The molecule has 3 N–H and O–H groups in total. The third kappa shape index (κ3) is 2.57. The van der Waals surface area contributed by atoms with Gasteiger partial charge in [0.05, 0.1) is 11.3 Å². The number of carboxylic acids is 2. The molecule has 1 aliphatic carbocycles. The fourth-order valence-corrected chi connectivity index (χ4v) is 2.32. The molecule has 0 aromatic rings. The molecule has 17 heavy (non-hydrogen) atoms. The van der Waals surface area contributed by atoms with Gasteiger partial charge in [-0.15, -0.1) is 0 Å². The average molecular weight is 246 g/mol. The molecule has 1 rings (SSSR count). The van der Waals surface area contributed by atoms with Gasteiger partial charge in [0.25, 0.3) is 6.47 Å². The molecule has 1 saturated carbocycles. The third-order valence-corrected chi connectivity index (χ3v) is 4.00. The minimum atomic E-state index is -0.921. The fraction of sp³-hybridized carbons (Fsp3) is 0.727. The van der Waals surface area contributed by atoms with Crippen molar-refractivity contribution in [2.24, 2.45) is 16.7 Å². The molecule has 0 heterocycles. The molecule has 6 nitrogen and oxygen atoms in total. The molecule has 1 fully saturated rings. The van der Waals surface area contributed by atoms with Gasteiger partial charge in [-0.1, -0.05) is 13.8 Å². The Bertz CT molecular complexity index is 322. The van der Waals surface area contributed by atoms with Crippen LogP contribution < -0.4 is 0 Å². The minimum absolute atomic E-state index is 0.250. The first kappa shape index (κ1) is 15.4. The van der Waals surface area contributed by atoms with Crippen LogP contribution in [0.3, 0.4) is 0 Å². The van der Waals surface area contributed by atoms with Gasteiger partial charge in [-0.2, -0.15) is 0 Å². The summed E-state index contributed by atoms with van der Waals surface area (Å²) in [7, 11) is 0. The largest absolute Gasteiger partial charge is 0.483 e. The quantitative estimate of drug-likeness (QED) is 0.633. The molecule has 0 radical (unpaired) electrons. The van der Waals surface area contributed by atoms with Gasteiger partial charge >= 0.3 is 11.9 Å². The van der Waals surface area contributed by atoms with Gasteiger partial charge in [-0.05, 0) is 25.2 Å². The fourth-order valence-electron chi connectivity index (χ4n) is 2.32. The van der Waals surface area contributed by atoms with Crippen LogP contribution in [0, 0.1) is 16.7 Å². The van der Waals surface area contributed by atoms with Crippen LogP contribution in [0.15, 0.2) is 0 Å². The summed E-state index contributed by atoms with van der Waals surface area (Å²) in [5.74, 6) is -2.34. The molecule has 0 amide bonds. The highest BCUT2D eigenvalue weighted by molar-refractivity contribution is 5.80. The second-order valence-corrected chi connectivity index (χ2v) is 4.89. The number of carbonyl (C=O) groups is 3. The second-order valence-electron chi connectivity index (χ2n) is 4.89. The maximum Gasteiger partial charge on any atom is 0.309 e. The van der Waals surface area contributed by atoms with Crippen molar-refractivity contribution in [2.75, 3.05) is 0 Å². The zero-order valence-corrected chi connectivity index (χ0v) is 10.1. The highest BCUT2D eigenvalue weighted by Crippen LogP contribution is 2.56. The molecule has 1 aliphatic rings. The van der Waals surface area contributed by atoms with E-state index in [1.165, 1.54) is 0 Å². The Morgan fingerprint density at radius 2 is 1.65 bits per heavy atom. The molecule has 0 bridgehead atoms. The third-order valence-electron chi connectivity index (χ3n) is 4.00. The van der Waals surface area contributed by atoms with Crippen molar-refractivity contribution in [3.8, 4) is 0 Å². The summed E-state index contributed by atoms with van der Waals surface area (Å²) in [6.07, 6.45) is 0.886. The number of hydrogen-bond donors (Lipinski definition) is 3. The Morgan fingerprint density at radius 1 is 1.24 bits per heavy atom. The van der Waals surface area contributed by atoms with E-state index in [0.29, 0.717) is 12.8 Å². The predicted octanol–water partition coefficient (Wildman–Crippen LogP) is 1.30. The molecule has 0 saturated heterocycles. The van der Waals surface area contributed by atoms with E-state index in [9.17, 15) is 9.59 Å². The lowest BCUT2D eigenvalue weighted by atomic mass is 9.66. The first-order valence-electron chi connectivity index (χ1n) is 5.19. The molecule has 0 spiro atoms. The summed E-state index contributed by atoms with van der Waals surface area (Å²) in [6, 6.07) is 0. The monoisotopic (exact) mass is 246 g/mol. The van der Waals surface area contributed by atoms with Crippen LogP contribution in [0.25, 0.3) is 0 Å². The Morgan fingerprint density at radius 3 is 1.82 bits per heavy atom. The van der Waals surface area contributed by atoms with Crippen molar-refractivity contribution in [2.45, 2.75) is 33.6 Å². The number of aliphatic carboxylic acids is 2. The van der Waals surface area contributed by atoms with E-state index >= 15 is 0 Å². The van der Waals surface area contributed by atoms with E-state index in [1.807, 2.05) is 0 Å². The lowest BCUT2D eigenvalue weighted by molar-refractivity contribution is -0.157. The van der Waals surface area contributed by atoms with Crippen molar-refractivity contribution in [3.05, 3.63) is 0 Å². The van der Waals surface area contributed by atoms with Gasteiger partial charge in [-0.3, -0.25) is 14.4 Å². The van der Waals surface area contributed by atoms with E-state index in [1.54, 1.807) is 20.8 Å². The van der Waals surface area contributed by atoms with Crippen molar-refractivity contribution in [3.63, 3.8) is 0 Å². The lowest BCUT2D eigenvalue weighted by Gasteiger charge is -2.36. The maximum absolute atomic E-state index is 11.1. The van der Waals surface area contributed by atoms with E-state index < -0.39 is 28.7 Å². The minimum Gasteiger partial charge on any atom is -0.483 e. The standard InChI is InChI=1S/C10H16O4.CH2O2/c1-9(2)6(7(11)12)4-5-10(9,3)8(13)14;2-1-3/h6H,4-5H2,1-3H3,(H,11,12)(H,13,14);1H,(H,2,3)/t6-,10+;/m0./s1. The Hall–Kier alpha value is -1.59. The topological polar surface area (TPSA) is 112 Å². The molecular weight excluding hydrogens is 228 g/mol. The van der Waals surface area contributed by atoms with E-state index in [2.05, 4.69) is 0 Å². The van der Waals surface area contributed by atoms with Crippen molar-refractivity contribution < 1.29 is 29.7 Å². The van der Waals surface area contributed by atoms with Gasteiger partial charge < -0.3 is 15.3 Å². The second kappa shape index (κ2) is 5.16. The smallest absolute Gasteiger partial charge is 0.309 e. The Labute approximate surface area is 99.3 Å². The van der Waals surface area contributed by atoms with E-state index in [4.69, 9.17) is 20.1 Å². The van der Waals surface area contributed by atoms with E-state index in [0.717, 1.165) is 0 Å². The van der Waals surface area contributed by atoms with E-state index in [-0.39, 0.29) is 6.47 Å². The summed E-state index contributed by atoms with van der Waals surface area (Å²) >= 11 is 0. The average Bonchev–Trinajstić information content (AvgIpc) is 2.40. The van der Waals surface area contributed by atoms with Crippen LogP contribution >= 0.6 is 0 Å². The van der Waals surface area contributed by atoms with Crippen molar-refractivity contribution in [1.29, 1.82) is 0 Å². The van der Waals surface area contributed by atoms with Gasteiger partial charge in [-0.25, -0.2) is 0 Å². The predicted molar refractivity (Wildman–Crippen MR) is 58.6 cm³/mol. The summed E-state index contributed by atoms with van der Waals surface area (Å²) in [4.78, 5) is 30.4. The van der Waals surface area contributed by atoms with Crippen molar-refractivity contribution in [1.82, 2.24) is 0 Å². The molecule has 98 valence electrons. The van der Waals surface area contributed by atoms with Crippen LogP contribution in [-0.4, -0.2) is 33.7 Å². The summed E-state index contributed by atoms with van der Waals surface area (Å²) < 4.78 is 0. The molecule has 0 aliphatic heterocycles. The molecule has 0 aromatic heterocycles. The van der Waals surface area contributed by atoms with Crippen LogP contribution in [0.4, 0.5) is 0 Å². The van der Waals surface area contributed by atoms with Gasteiger partial charge in [0.15, 0.2) is 0 Å². The summed E-state index contributed by atoms with van der Waals surface area (Å²) in [6.45, 7) is 4.85. The van der Waals surface area contributed by atoms with Crippen LogP contribution in [0.2, 0.25) is 0 Å². The molecular formula is C11H18O6. The SMILES string of the molecule is CC1(C)[C@H](C(=O)O)CC[C@]1(C)C(=O)O.O=CO.